The molecule has 0 radical (unpaired) electrons. The Balaban J connectivity index is 2.35. The number of hydrogen-bond donors (Lipinski definition) is 0. The van der Waals surface area contributed by atoms with E-state index in [2.05, 4.69) is 15.9 Å². The molecule has 0 aliphatic carbocycles. The van der Waals surface area contributed by atoms with E-state index in [9.17, 15) is 0 Å². The molecule has 12 heavy (non-hydrogen) atoms. The zero-order chi connectivity index (χ0) is 8.60. The second-order valence-corrected chi connectivity index (χ2v) is 4.62. The zero-order valence-corrected chi connectivity index (χ0v) is 8.30. The minimum Gasteiger partial charge on any atom is -0.485 e. The van der Waals surface area contributed by atoms with Gasteiger partial charge in [-0.15, -0.1) is 0 Å². The monoisotopic (exact) mass is 228 g/mol. The van der Waals surface area contributed by atoms with E-state index in [1.165, 1.54) is 0 Å². The molecule has 2 nitrogen and oxygen atoms in total. The third kappa shape index (κ3) is 1.41. The van der Waals surface area contributed by atoms with Crippen molar-refractivity contribution in [3.63, 3.8) is 0 Å². The van der Waals surface area contributed by atoms with Gasteiger partial charge in [0.1, 0.15) is 6.61 Å². The average molecular weight is 229 g/mol. The SMILES string of the molecule is CC1(Br)COc2ccccc2O1. The van der Waals surface area contributed by atoms with E-state index < -0.39 is 0 Å². The van der Waals surface area contributed by atoms with Crippen molar-refractivity contribution >= 4 is 15.9 Å². The highest BCUT2D eigenvalue weighted by atomic mass is 79.9. The first kappa shape index (κ1) is 7.92. The van der Waals surface area contributed by atoms with Crippen molar-refractivity contribution in [2.45, 2.75) is 11.4 Å². The van der Waals surface area contributed by atoms with Crippen LogP contribution in [0.25, 0.3) is 0 Å². The van der Waals surface area contributed by atoms with E-state index >= 15 is 0 Å². The molecule has 1 aliphatic heterocycles. The molecule has 0 saturated heterocycles. The van der Waals surface area contributed by atoms with Crippen molar-refractivity contribution in [1.29, 1.82) is 0 Å². The van der Waals surface area contributed by atoms with Gasteiger partial charge < -0.3 is 9.47 Å². The van der Waals surface area contributed by atoms with E-state index in [1.54, 1.807) is 0 Å². The van der Waals surface area contributed by atoms with Crippen LogP contribution < -0.4 is 9.47 Å². The summed E-state index contributed by atoms with van der Waals surface area (Å²) in [6.07, 6.45) is 0. The van der Waals surface area contributed by atoms with Gasteiger partial charge in [0, 0.05) is 0 Å². The maximum Gasteiger partial charge on any atom is 0.194 e. The fourth-order valence-corrected chi connectivity index (χ4v) is 1.41. The molecule has 0 bridgehead atoms. The molecule has 1 unspecified atom stereocenters. The number of benzene rings is 1. The summed E-state index contributed by atoms with van der Waals surface area (Å²) >= 11 is 3.42. The summed E-state index contributed by atoms with van der Waals surface area (Å²) in [7, 11) is 0. The fourth-order valence-electron chi connectivity index (χ4n) is 1.12. The quantitative estimate of drug-likeness (QED) is 0.636. The van der Waals surface area contributed by atoms with Crippen molar-refractivity contribution in [2.75, 3.05) is 6.61 Å². The van der Waals surface area contributed by atoms with Gasteiger partial charge in [-0.3, -0.25) is 0 Å². The maximum absolute atomic E-state index is 5.61. The summed E-state index contributed by atoms with van der Waals surface area (Å²) in [6.45, 7) is 2.47. The number of fused-ring (bicyclic) bond motifs is 1. The van der Waals surface area contributed by atoms with Crippen LogP contribution in [0.5, 0.6) is 11.5 Å². The lowest BCUT2D eigenvalue weighted by Gasteiger charge is -2.30. The van der Waals surface area contributed by atoms with Crippen LogP contribution in [0.2, 0.25) is 0 Å². The maximum atomic E-state index is 5.61. The molecule has 0 N–H and O–H groups in total. The molecule has 1 aliphatic rings. The van der Waals surface area contributed by atoms with Crippen LogP contribution in [0.15, 0.2) is 24.3 Å². The van der Waals surface area contributed by atoms with Crippen molar-refractivity contribution in [1.82, 2.24) is 0 Å². The Morgan fingerprint density at radius 2 is 2.00 bits per heavy atom. The molecule has 1 atom stereocenters. The van der Waals surface area contributed by atoms with Gasteiger partial charge in [-0.1, -0.05) is 12.1 Å². The largest absolute Gasteiger partial charge is 0.485 e. The number of para-hydroxylation sites is 2. The van der Waals surface area contributed by atoms with Crippen molar-refractivity contribution < 1.29 is 9.47 Å². The highest BCUT2D eigenvalue weighted by molar-refractivity contribution is 9.10. The first-order chi connectivity index (χ1) is 5.67. The van der Waals surface area contributed by atoms with Gasteiger partial charge in [0.2, 0.25) is 0 Å². The van der Waals surface area contributed by atoms with Gasteiger partial charge in [-0.25, -0.2) is 0 Å². The summed E-state index contributed by atoms with van der Waals surface area (Å²) in [5, 5.41) is 0. The molecule has 1 aromatic carbocycles. The second-order valence-electron chi connectivity index (χ2n) is 2.94. The first-order valence-electron chi connectivity index (χ1n) is 3.77. The molecule has 0 amide bonds. The highest BCUT2D eigenvalue weighted by Crippen LogP contribution is 2.36. The summed E-state index contributed by atoms with van der Waals surface area (Å²) in [5.74, 6) is 1.61. The van der Waals surface area contributed by atoms with E-state index in [1.807, 2.05) is 31.2 Å². The second kappa shape index (κ2) is 2.66. The molecular formula is C9H9BrO2. The van der Waals surface area contributed by atoms with E-state index in [-0.39, 0.29) is 4.51 Å². The van der Waals surface area contributed by atoms with Crippen LogP contribution in [-0.4, -0.2) is 11.1 Å². The topological polar surface area (TPSA) is 18.5 Å². The zero-order valence-electron chi connectivity index (χ0n) is 6.71. The number of halogens is 1. The molecule has 1 heterocycles. The lowest BCUT2D eigenvalue weighted by atomic mass is 10.3. The molecule has 0 aromatic heterocycles. The third-order valence-corrected chi connectivity index (χ3v) is 2.05. The Morgan fingerprint density at radius 3 is 2.75 bits per heavy atom. The predicted molar refractivity (Wildman–Crippen MR) is 49.9 cm³/mol. The minimum atomic E-state index is -0.388. The van der Waals surface area contributed by atoms with Gasteiger partial charge in [-0.2, -0.15) is 0 Å². The van der Waals surface area contributed by atoms with Crippen molar-refractivity contribution in [3.8, 4) is 11.5 Å². The lowest BCUT2D eigenvalue weighted by molar-refractivity contribution is 0.0833. The van der Waals surface area contributed by atoms with Crippen LogP contribution in [0.1, 0.15) is 6.92 Å². The Kier molecular flexibility index (Phi) is 1.76. The molecule has 3 heteroatoms. The Labute approximate surface area is 79.6 Å². The van der Waals surface area contributed by atoms with Crippen LogP contribution in [0.3, 0.4) is 0 Å². The van der Waals surface area contributed by atoms with Crippen LogP contribution in [0, 0.1) is 0 Å². The van der Waals surface area contributed by atoms with Crippen LogP contribution in [0.4, 0.5) is 0 Å². The smallest absolute Gasteiger partial charge is 0.194 e. The van der Waals surface area contributed by atoms with E-state index in [4.69, 9.17) is 9.47 Å². The van der Waals surface area contributed by atoms with E-state index in [0.29, 0.717) is 6.61 Å². The molecule has 1 aromatic rings. The molecular weight excluding hydrogens is 220 g/mol. The van der Waals surface area contributed by atoms with Crippen LogP contribution in [-0.2, 0) is 0 Å². The van der Waals surface area contributed by atoms with Crippen molar-refractivity contribution in [2.24, 2.45) is 0 Å². The first-order valence-corrected chi connectivity index (χ1v) is 4.56. The number of hydrogen-bond acceptors (Lipinski definition) is 2. The highest BCUT2D eigenvalue weighted by Gasteiger charge is 2.29. The molecule has 64 valence electrons. The molecule has 0 saturated carbocycles. The predicted octanol–water partition coefficient (Wildman–Crippen LogP) is 2.57. The molecule has 2 rings (SSSR count). The summed E-state index contributed by atoms with van der Waals surface area (Å²) in [5.41, 5.74) is 0. The number of ether oxygens (including phenoxy) is 2. The van der Waals surface area contributed by atoms with Crippen LogP contribution >= 0.6 is 15.9 Å². The minimum absolute atomic E-state index is 0.388. The summed E-state index contributed by atoms with van der Waals surface area (Å²) < 4.78 is 10.7. The third-order valence-electron chi connectivity index (χ3n) is 1.66. The molecule has 0 spiro atoms. The Morgan fingerprint density at radius 1 is 1.33 bits per heavy atom. The lowest BCUT2D eigenvalue weighted by Crippen LogP contribution is -2.35. The fraction of sp³-hybridized carbons (Fsp3) is 0.333. The van der Waals surface area contributed by atoms with Gasteiger partial charge in [0.15, 0.2) is 16.0 Å². The van der Waals surface area contributed by atoms with E-state index in [0.717, 1.165) is 11.5 Å². The normalized spacial score (nSPS) is 26.8. The summed E-state index contributed by atoms with van der Waals surface area (Å²) in [6, 6.07) is 7.65. The van der Waals surface area contributed by atoms with Gasteiger partial charge in [0.25, 0.3) is 0 Å². The number of alkyl halides is 1. The average Bonchev–Trinajstić information content (AvgIpc) is 2.02. The Bertz CT molecular complexity index is 296. The molecule has 0 fully saturated rings. The van der Waals surface area contributed by atoms with Gasteiger partial charge in [-0.05, 0) is 35.0 Å². The van der Waals surface area contributed by atoms with Gasteiger partial charge >= 0.3 is 0 Å². The van der Waals surface area contributed by atoms with Crippen molar-refractivity contribution in [3.05, 3.63) is 24.3 Å². The summed E-state index contributed by atoms with van der Waals surface area (Å²) in [4.78, 5) is 0. The Hall–Kier alpha value is -0.700. The van der Waals surface area contributed by atoms with Gasteiger partial charge in [0.05, 0.1) is 0 Å². The standard InChI is InChI=1S/C9H9BrO2/c1-9(10)6-11-7-4-2-3-5-8(7)12-9/h2-5H,6H2,1H3. The number of rotatable bonds is 0.